The van der Waals surface area contributed by atoms with Crippen LogP contribution in [-0.4, -0.2) is 19.1 Å². The van der Waals surface area contributed by atoms with Crippen LogP contribution in [0.15, 0.2) is 200 Å². The van der Waals surface area contributed by atoms with Gasteiger partial charge in [0.15, 0.2) is 0 Å². The fourth-order valence-electron chi connectivity index (χ4n) is 11.3. The van der Waals surface area contributed by atoms with Crippen molar-refractivity contribution >= 4 is 98.7 Å². The van der Waals surface area contributed by atoms with Gasteiger partial charge in [0.05, 0.1) is 0 Å². The summed E-state index contributed by atoms with van der Waals surface area (Å²) >= 11 is 0.173. The Morgan fingerprint density at radius 2 is 0.706 bits per heavy atom. The van der Waals surface area contributed by atoms with Crippen LogP contribution in [0.2, 0.25) is 0 Å². The van der Waals surface area contributed by atoms with Crippen molar-refractivity contribution in [1.29, 1.82) is 0 Å². The molecule has 0 unspecified atom stereocenters. The van der Waals surface area contributed by atoms with Crippen molar-refractivity contribution < 1.29 is 0 Å². The van der Waals surface area contributed by atoms with Gasteiger partial charge in [0, 0.05) is 0 Å². The summed E-state index contributed by atoms with van der Waals surface area (Å²) in [5, 5.41) is 15.6. The molecule has 13 aromatic rings. The van der Waals surface area contributed by atoms with Gasteiger partial charge in [0.2, 0.25) is 0 Å². The second-order valence-corrected chi connectivity index (χ2v) is 23.1. The van der Waals surface area contributed by atoms with Crippen LogP contribution >= 0.6 is 0 Å². The molecule has 13 rings (SSSR count). The summed E-state index contributed by atoms with van der Waals surface area (Å²) in [5.74, 6) is 0. The quantitative estimate of drug-likeness (QED) is 0.122. The van der Waals surface area contributed by atoms with E-state index in [-0.39, 0.29) is 25.3 Å². The molecule has 11 aromatic carbocycles. The molecule has 326 valence electrons. The summed E-state index contributed by atoms with van der Waals surface area (Å²) in [6.07, 6.45) is 0. The molecular formula is C66H51NSe. The van der Waals surface area contributed by atoms with Crippen LogP contribution in [-0.2, 0) is 10.8 Å². The Balaban J connectivity index is 1.01. The third kappa shape index (κ3) is 6.28. The second-order valence-electron chi connectivity index (χ2n) is 20.8. The molecular weight excluding hydrogens is 886 g/mol. The number of aromatic nitrogens is 1. The second kappa shape index (κ2) is 15.1. The van der Waals surface area contributed by atoms with Crippen LogP contribution in [0.4, 0.5) is 0 Å². The summed E-state index contributed by atoms with van der Waals surface area (Å²) in [7, 11) is 0. The van der Waals surface area contributed by atoms with E-state index in [4.69, 9.17) is 0 Å². The fourth-order valence-corrected chi connectivity index (χ4v) is 13.7. The van der Waals surface area contributed by atoms with Crippen molar-refractivity contribution in [3.63, 3.8) is 0 Å². The van der Waals surface area contributed by atoms with Crippen LogP contribution in [0.3, 0.4) is 0 Å². The third-order valence-electron chi connectivity index (χ3n) is 14.7. The topological polar surface area (TPSA) is 4.93 Å². The van der Waals surface area contributed by atoms with E-state index in [2.05, 4.69) is 246 Å². The van der Waals surface area contributed by atoms with Gasteiger partial charge in [-0.3, -0.25) is 0 Å². The van der Waals surface area contributed by atoms with Gasteiger partial charge in [-0.2, -0.15) is 0 Å². The Bertz CT molecular complexity index is 4020. The predicted molar refractivity (Wildman–Crippen MR) is 296 cm³/mol. The number of hydrogen-bond acceptors (Lipinski definition) is 0. The average molecular weight is 937 g/mol. The Kier molecular flexibility index (Phi) is 9.13. The van der Waals surface area contributed by atoms with E-state index >= 15 is 0 Å². The zero-order valence-corrected chi connectivity index (χ0v) is 41.1. The van der Waals surface area contributed by atoms with Crippen LogP contribution in [0, 0.1) is 0 Å². The molecule has 2 heterocycles. The predicted octanol–water partition coefficient (Wildman–Crippen LogP) is 18.4. The van der Waals surface area contributed by atoms with Crippen LogP contribution in [0.1, 0.15) is 52.7 Å². The van der Waals surface area contributed by atoms with Gasteiger partial charge >= 0.3 is 354 Å². The number of fused-ring (bicyclic) bond motifs is 10. The molecule has 0 aliphatic rings. The van der Waals surface area contributed by atoms with Crippen LogP contribution in [0.5, 0.6) is 0 Å². The Morgan fingerprint density at radius 1 is 0.294 bits per heavy atom. The van der Waals surface area contributed by atoms with Crippen molar-refractivity contribution in [3.8, 4) is 39.1 Å². The summed E-state index contributed by atoms with van der Waals surface area (Å²) in [5.41, 5.74) is 14.2. The normalized spacial score (nSPS) is 12.6. The van der Waals surface area contributed by atoms with Gasteiger partial charge in [-0.15, -0.1) is 0 Å². The first kappa shape index (κ1) is 41.0. The molecule has 0 aliphatic carbocycles. The van der Waals surface area contributed by atoms with Crippen molar-refractivity contribution in [1.82, 2.24) is 4.57 Å². The zero-order chi connectivity index (χ0) is 46.1. The molecule has 2 heteroatoms. The van der Waals surface area contributed by atoms with Gasteiger partial charge in [-0.05, 0) is 10.8 Å². The summed E-state index contributed by atoms with van der Waals surface area (Å²) in [6, 6.07) is 76.1. The van der Waals surface area contributed by atoms with Crippen molar-refractivity contribution in [2.24, 2.45) is 0 Å². The molecule has 0 amide bonds. The molecule has 0 atom stereocenters. The van der Waals surface area contributed by atoms with Gasteiger partial charge in [-0.25, -0.2) is 0 Å². The van der Waals surface area contributed by atoms with E-state index in [1.165, 1.54) is 134 Å². The van der Waals surface area contributed by atoms with Crippen molar-refractivity contribution in [2.75, 3.05) is 0 Å². The first-order chi connectivity index (χ1) is 33.0. The summed E-state index contributed by atoms with van der Waals surface area (Å²) in [6.45, 7) is 13.9. The molecule has 0 spiro atoms. The van der Waals surface area contributed by atoms with E-state index in [0.717, 1.165) is 0 Å². The monoisotopic (exact) mass is 937 g/mol. The zero-order valence-electron chi connectivity index (χ0n) is 39.4. The molecule has 0 radical (unpaired) electrons. The number of benzene rings is 11. The summed E-state index contributed by atoms with van der Waals surface area (Å²) in [4.78, 5) is 0. The minimum absolute atomic E-state index is 0.0327. The first-order valence-electron chi connectivity index (χ1n) is 24.0. The number of rotatable bonds is 4. The SMILES string of the molecule is CC(C)(C)c1ccc2c(c1)c1cc(C(C)(C)C)ccc1n2-c1c2ccccc2c(-c2ccc3c(c2)[se]c2ccc(-c4c5ccccc5c(-c5ccccc5)c5ccccc45)cc23)c2ccccc12. The molecule has 1 nitrogen and oxygen atoms in total. The minimum atomic E-state index is 0.0327. The van der Waals surface area contributed by atoms with Crippen molar-refractivity contribution in [2.45, 2.75) is 52.4 Å². The maximum absolute atomic E-state index is 2.57. The van der Waals surface area contributed by atoms with E-state index in [1.807, 2.05) is 0 Å². The molecule has 0 saturated heterocycles. The van der Waals surface area contributed by atoms with Gasteiger partial charge in [0.1, 0.15) is 0 Å². The molecule has 0 bridgehead atoms. The summed E-state index contributed by atoms with van der Waals surface area (Å²) < 4.78 is 5.46. The fraction of sp³-hybridized carbons (Fsp3) is 0.121. The van der Waals surface area contributed by atoms with Crippen molar-refractivity contribution in [3.05, 3.63) is 211 Å². The van der Waals surface area contributed by atoms with E-state index in [0.29, 0.717) is 0 Å². The average Bonchev–Trinajstić information content (AvgIpc) is 3.88. The Labute approximate surface area is 403 Å². The van der Waals surface area contributed by atoms with Gasteiger partial charge in [-0.1, -0.05) is 41.5 Å². The number of nitrogens with zero attached hydrogens (tertiary/aromatic N) is 1. The van der Waals surface area contributed by atoms with Gasteiger partial charge in [0.25, 0.3) is 0 Å². The van der Waals surface area contributed by atoms with Gasteiger partial charge < -0.3 is 0 Å². The Hall–Kier alpha value is -7.22. The molecule has 0 saturated carbocycles. The number of hydrogen-bond donors (Lipinski definition) is 0. The Morgan fingerprint density at radius 3 is 1.19 bits per heavy atom. The molecule has 0 aliphatic heterocycles. The maximum atomic E-state index is 2.57. The molecule has 0 fully saturated rings. The standard InChI is InChI=1S/C66H51NSe/c1-65(2,3)43-30-33-57-54(38-43)55-39-44(66(4,5)6)31-34-58(55)67(57)64-52-26-16-14-24-50(52)63(51-25-15-17-27-53(51)64)42-28-32-45-56-36-41(29-35-59(56)68-60(45)37-42)62-48-22-12-10-20-46(48)61(40-18-8-7-9-19-40)47-21-11-13-23-49(47)62/h7-39H,1-6H3. The van der Waals surface area contributed by atoms with E-state index in [9.17, 15) is 0 Å². The molecule has 68 heavy (non-hydrogen) atoms. The van der Waals surface area contributed by atoms with E-state index < -0.39 is 0 Å². The van der Waals surface area contributed by atoms with Crippen LogP contribution in [0.25, 0.3) is 123 Å². The van der Waals surface area contributed by atoms with E-state index in [1.54, 1.807) is 0 Å². The molecule has 0 N–H and O–H groups in total. The molecule has 2 aromatic heterocycles. The first-order valence-corrected chi connectivity index (χ1v) is 25.7. The third-order valence-corrected chi connectivity index (χ3v) is 17.0. The van der Waals surface area contributed by atoms with Crippen LogP contribution < -0.4 is 0 Å².